The maximum absolute atomic E-state index is 12.6. The topological polar surface area (TPSA) is 75.3 Å². The third-order valence-electron chi connectivity index (χ3n) is 3.60. The minimum Gasteiger partial charge on any atom is -0.345 e. The van der Waals surface area contributed by atoms with E-state index in [-0.39, 0.29) is 27.6 Å². The Balaban J connectivity index is 2.29. The molecule has 8 heteroatoms. The Kier molecular flexibility index (Phi) is 6.69. The highest BCUT2D eigenvalue weighted by molar-refractivity contribution is 7.89. The summed E-state index contributed by atoms with van der Waals surface area (Å²) in [5.74, 6) is -0.482. The highest BCUT2D eigenvalue weighted by Crippen LogP contribution is 2.25. The summed E-state index contributed by atoms with van der Waals surface area (Å²) in [4.78, 5) is 12.6. The number of carbonyl (C=O) groups is 1. The molecule has 140 valence electrons. The largest absolute Gasteiger partial charge is 0.345 e. The Morgan fingerprint density at radius 3 is 2.27 bits per heavy atom. The molecule has 0 saturated carbocycles. The van der Waals surface area contributed by atoms with Gasteiger partial charge in [0, 0.05) is 11.1 Å². The van der Waals surface area contributed by atoms with Crippen molar-refractivity contribution in [3.05, 3.63) is 63.6 Å². The summed E-state index contributed by atoms with van der Waals surface area (Å²) in [6, 6.07) is 10.5. The van der Waals surface area contributed by atoms with E-state index in [1.807, 2.05) is 12.1 Å². The first-order valence-electron chi connectivity index (χ1n) is 7.99. The normalized spacial score (nSPS) is 12.8. The van der Waals surface area contributed by atoms with E-state index in [0.29, 0.717) is 5.02 Å². The molecule has 2 aromatic rings. The summed E-state index contributed by atoms with van der Waals surface area (Å²) in [6.07, 6.45) is 0. The van der Waals surface area contributed by atoms with Crippen molar-refractivity contribution in [2.24, 2.45) is 0 Å². The number of rotatable bonds is 6. The molecule has 0 aromatic heterocycles. The lowest BCUT2D eigenvalue weighted by molar-refractivity contribution is 0.0940. The average Bonchev–Trinajstić information content (AvgIpc) is 2.54. The van der Waals surface area contributed by atoms with Crippen LogP contribution in [0.1, 0.15) is 42.7 Å². The molecule has 1 amide bonds. The molecule has 0 aliphatic heterocycles. The van der Waals surface area contributed by atoms with E-state index >= 15 is 0 Å². The van der Waals surface area contributed by atoms with Gasteiger partial charge >= 0.3 is 0 Å². The molecule has 1 atom stereocenters. The molecule has 0 fully saturated rings. The predicted octanol–water partition coefficient (Wildman–Crippen LogP) is 4.17. The number of halogens is 2. The van der Waals surface area contributed by atoms with Gasteiger partial charge in [0.05, 0.1) is 21.5 Å². The van der Waals surface area contributed by atoms with Crippen LogP contribution in [0.4, 0.5) is 0 Å². The molecule has 0 aliphatic rings. The van der Waals surface area contributed by atoms with Crippen LogP contribution in [0, 0.1) is 0 Å². The lowest BCUT2D eigenvalue weighted by Crippen LogP contribution is -2.31. The summed E-state index contributed by atoms with van der Waals surface area (Å²) in [6.45, 7) is 5.21. The molecule has 0 bridgehead atoms. The number of amides is 1. The van der Waals surface area contributed by atoms with Gasteiger partial charge in [0.25, 0.3) is 5.91 Å². The monoisotopic (exact) mass is 414 g/mol. The maximum Gasteiger partial charge on any atom is 0.253 e. The summed E-state index contributed by atoms with van der Waals surface area (Å²) in [5.41, 5.74) is 0.834. The molecule has 2 rings (SSSR count). The maximum atomic E-state index is 12.6. The molecular formula is C18H20Cl2N2O3S. The van der Waals surface area contributed by atoms with Crippen molar-refractivity contribution in [1.29, 1.82) is 0 Å². The van der Waals surface area contributed by atoms with E-state index in [4.69, 9.17) is 23.2 Å². The predicted molar refractivity (Wildman–Crippen MR) is 104 cm³/mol. The Morgan fingerprint density at radius 1 is 1.00 bits per heavy atom. The van der Waals surface area contributed by atoms with Gasteiger partial charge in [-0.1, -0.05) is 41.4 Å². The second-order valence-electron chi connectivity index (χ2n) is 6.13. The molecule has 0 saturated heterocycles. The molecule has 1 unspecified atom stereocenters. The molecule has 2 N–H and O–H groups in total. The lowest BCUT2D eigenvalue weighted by Gasteiger charge is -2.17. The summed E-state index contributed by atoms with van der Waals surface area (Å²) < 4.78 is 27.1. The van der Waals surface area contributed by atoms with Crippen LogP contribution in [0.5, 0.6) is 0 Å². The Bertz CT molecular complexity index is 914. The number of nitrogens with one attached hydrogen (secondary N) is 2. The van der Waals surface area contributed by atoms with E-state index in [9.17, 15) is 13.2 Å². The fourth-order valence-electron chi connectivity index (χ4n) is 2.40. The van der Waals surface area contributed by atoms with Gasteiger partial charge in [-0.3, -0.25) is 4.79 Å². The van der Waals surface area contributed by atoms with Gasteiger partial charge < -0.3 is 5.32 Å². The van der Waals surface area contributed by atoms with E-state index in [0.717, 1.165) is 5.56 Å². The van der Waals surface area contributed by atoms with Crippen LogP contribution in [0.2, 0.25) is 10.0 Å². The first kappa shape index (κ1) is 20.7. The van der Waals surface area contributed by atoms with Crippen LogP contribution in [-0.4, -0.2) is 20.4 Å². The van der Waals surface area contributed by atoms with Crippen LogP contribution in [0.25, 0.3) is 0 Å². The fourth-order valence-corrected chi connectivity index (χ4v) is 4.18. The summed E-state index contributed by atoms with van der Waals surface area (Å²) >= 11 is 12.3. The highest BCUT2D eigenvalue weighted by Gasteiger charge is 2.21. The molecule has 0 radical (unpaired) electrons. The van der Waals surface area contributed by atoms with Gasteiger partial charge in [0.2, 0.25) is 10.0 Å². The molecule has 0 aliphatic carbocycles. The second kappa shape index (κ2) is 8.39. The van der Waals surface area contributed by atoms with E-state index in [1.165, 1.54) is 18.2 Å². The number of hydrogen-bond acceptors (Lipinski definition) is 3. The van der Waals surface area contributed by atoms with Crippen molar-refractivity contribution in [2.75, 3.05) is 0 Å². The minimum atomic E-state index is -3.73. The van der Waals surface area contributed by atoms with Gasteiger partial charge in [0.1, 0.15) is 0 Å². The van der Waals surface area contributed by atoms with Gasteiger partial charge in [-0.05, 0) is 50.6 Å². The average molecular weight is 415 g/mol. The van der Waals surface area contributed by atoms with Crippen LogP contribution < -0.4 is 10.0 Å². The second-order valence-corrected chi connectivity index (χ2v) is 8.66. The zero-order chi connectivity index (χ0) is 19.5. The van der Waals surface area contributed by atoms with E-state index in [2.05, 4.69) is 10.0 Å². The molecule has 0 heterocycles. The molecule has 0 spiro atoms. The Hall–Kier alpha value is -1.60. The van der Waals surface area contributed by atoms with Crippen LogP contribution in [-0.2, 0) is 10.0 Å². The molecule has 2 aromatic carbocycles. The first-order chi connectivity index (χ1) is 12.1. The van der Waals surface area contributed by atoms with Gasteiger partial charge in [-0.15, -0.1) is 0 Å². The Labute approximate surface area is 163 Å². The number of carbonyl (C=O) groups excluding carboxylic acids is 1. The van der Waals surface area contributed by atoms with Crippen molar-refractivity contribution in [2.45, 2.75) is 37.8 Å². The smallest absolute Gasteiger partial charge is 0.253 e. The fraction of sp³-hybridized carbons (Fsp3) is 0.278. The molecule has 26 heavy (non-hydrogen) atoms. The summed E-state index contributed by atoms with van der Waals surface area (Å²) in [5, 5.41) is 3.49. The van der Waals surface area contributed by atoms with Crippen LogP contribution in [0.3, 0.4) is 0 Å². The zero-order valence-corrected chi connectivity index (χ0v) is 16.9. The zero-order valence-electron chi connectivity index (χ0n) is 14.6. The molecule has 5 nitrogen and oxygen atoms in total. The third kappa shape index (κ3) is 4.98. The summed E-state index contributed by atoms with van der Waals surface area (Å²) in [7, 11) is -3.73. The van der Waals surface area contributed by atoms with Crippen molar-refractivity contribution in [3.8, 4) is 0 Å². The van der Waals surface area contributed by atoms with Crippen LogP contribution in [0.15, 0.2) is 47.4 Å². The SMILES string of the molecule is CC(C)NS(=O)(=O)c1ccc(Cl)c(C(=O)NC(C)c2ccccc2Cl)c1. The first-order valence-corrected chi connectivity index (χ1v) is 10.2. The van der Waals surface area contributed by atoms with Crippen molar-refractivity contribution in [3.63, 3.8) is 0 Å². The molecular weight excluding hydrogens is 395 g/mol. The van der Waals surface area contributed by atoms with Crippen molar-refractivity contribution >= 4 is 39.1 Å². The van der Waals surface area contributed by atoms with Gasteiger partial charge in [-0.2, -0.15) is 0 Å². The van der Waals surface area contributed by atoms with Crippen molar-refractivity contribution < 1.29 is 13.2 Å². The van der Waals surface area contributed by atoms with Gasteiger partial charge in [-0.25, -0.2) is 13.1 Å². The standard InChI is InChI=1S/C18H20Cl2N2O3S/c1-11(2)22-26(24,25)13-8-9-17(20)15(10-13)18(23)21-12(3)14-6-4-5-7-16(14)19/h4-12,22H,1-3H3,(H,21,23). The Morgan fingerprint density at radius 2 is 1.65 bits per heavy atom. The quantitative estimate of drug-likeness (QED) is 0.744. The third-order valence-corrected chi connectivity index (χ3v) is 5.93. The number of hydrogen-bond donors (Lipinski definition) is 2. The van der Waals surface area contributed by atoms with Crippen LogP contribution >= 0.6 is 23.2 Å². The van der Waals surface area contributed by atoms with Crippen molar-refractivity contribution in [1.82, 2.24) is 10.0 Å². The van der Waals surface area contributed by atoms with E-state index in [1.54, 1.807) is 32.9 Å². The lowest BCUT2D eigenvalue weighted by atomic mass is 10.1. The number of benzene rings is 2. The minimum absolute atomic E-state index is 0.0221. The van der Waals surface area contributed by atoms with E-state index < -0.39 is 15.9 Å². The highest BCUT2D eigenvalue weighted by atomic mass is 35.5. The van der Waals surface area contributed by atoms with Gasteiger partial charge in [0.15, 0.2) is 0 Å². The number of sulfonamides is 1.